The zero-order valence-electron chi connectivity index (χ0n) is 5.19. The molecule has 0 bridgehead atoms. The average Bonchev–Trinajstić information content (AvgIpc) is 1.94. The second-order valence-corrected chi connectivity index (χ2v) is 2.99. The Balaban J connectivity index is 3.13. The van der Waals surface area contributed by atoms with Gasteiger partial charge < -0.3 is 0 Å². The Bertz CT molecular complexity index is 264. The second-order valence-electron chi connectivity index (χ2n) is 1.83. The second kappa shape index (κ2) is 3.38. The minimum absolute atomic E-state index is 0.277. The molecule has 1 aromatic heterocycles. The summed E-state index contributed by atoms with van der Waals surface area (Å²) < 4.78 is 36.6. The van der Waals surface area contributed by atoms with Crippen molar-refractivity contribution in [3.8, 4) is 0 Å². The van der Waals surface area contributed by atoms with Crippen molar-refractivity contribution in [3.05, 3.63) is 27.3 Å². The quantitative estimate of drug-likeness (QED) is 0.566. The predicted octanol–water partition coefficient (Wildman–Crippen LogP) is 2.76. The normalized spacial score (nSPS) is 10.6. The summed E-state index contributed by atoms with van der Waals surface area (Å²) in [7, 11) is 0. The number of nitrogens with zero attached hydrogens (tertiary/aromatic N) is 1. The molecule has 0 aliphatic rings. The molecule has 0 saturated carbocycles. The first-order chi connectivity index (χ1) is 5.11. The Kier molecular flexibility index (Phi) is 2.69. The Morgan fingerprint density at radius 1 is 1.45 bits per heavy atom. The van der Waals surface area contributed by atoms with Crippen molar-refractivity contribution >= 4 is 22.6 Å². The summed E-state index contributed by atoms with van der Waals surface area (Å²) in [5, 5.41) is 0. The van der Waals surface area contributed by atoms with Crippen molar-refractivity contribution in [2.45, 2.75) is 6.43 Å². The van der Waals surface area contributed by atoms with E-state index >= 15 is 0 Å². The molecule has 0 aromatic carbocycles. The zero-order chi connectivity index (χ0) is 8.43. The number of pyridine rings is 1. The third-order valence-corrected chi connectivity index (χ3v) is 1.99. The van der Waals surface area contributed by atoms with Gasteiger partial charge in [-0.25, -0.2) is 13.8 Å². The van der Waals surface area contributed by atoms with Crippen molar-refractivity contribution in [1.82, 2.24) is 4.98 Å². The van der Waals surface area contributed by atoms with Gasteiger partial charge in [-0.05, 0) is 22.6 Å². The van der Waals surface area contributed by atoms with Crippen molar-refractivity contribution in [2.24, 2.45) is 0 Å². The van der Waals surface area contributed by atoms with Crippen LogP contribution in [0, 0.1) is 9.52 Å². The summed E-state index contributed by atoms with van der Waals surface area (Å²) in [6.45, 7) is 0. The molecule has 0 N–H and O–H groups in total. The third-order valence-electron chi connectivity index (χ3n) is 1.09. The highest BCUT2D eigenvalue weighted by atomic mass is 127. The topological polar surface area (TPSA) is 12.9 Å². The van der Waals surface area contributed by atoms with Gasteiger partial charge in [0.2, 0.25) is 5.95 Å². The fourth-order valence-corrected chi connectivity index (χ4v) is 1.13. The first kappa shape index (κ1) is 8.76. The number of aromatic nitrogens is 1. The average molecular weight is 273 g/mol. The molecule has 0 aliphatic carbocycles. The molecule has 1 heterocycles. The molecule has 5 heteroatoms. The van der Waals surface area contributed by atoms with E-state index < -0.39 is 12.4 Å². The molecule has 1 aromatic rings. The maximum Gasteiger partial charge on any atom is 0.265 e. The summed E-state index contributed by atoms with van der Waals surface area (Å²) in [5.41, 5.74) is -0.307. The summed E-state index contributed by atoms with van der Waals surface area (Å²) in [5.74, 6) is -0.874. The highest BCUT2D eigenvalue weighted by Gasteiger charge is 2.12. The van der Waals surface area contributed by atoms with E-state index in [1.165, 1.54) is 0 Å². The number of halogens is 4. The molecule has 60 valence electrons. The van der Waals surface area contributed by atoms with Gasteiger partial charge >= 0.3 is 0 Å². The third kappa shape index (κ3) is 2.05. The fraction of sp³-hybridized carbons (Fsp3) is 0.167. The fourth-order valence-electron chi connectivity index (χ4n) is 0.595. The minimum atomic E-state index is -2.64. The van der Waals surface area contributed by atoms with Gasteiger partial charge in [0, 0.05) is 21.4 Å². The monoisotopic (exact) mass is 273 g/mol. The maximum absolute atomic E-state index is 12.3. The lowest BCUT2D eigenvalue weighted by atomic mass is 10.3. The molecule has 0 aliphatic heterocycles. The molecule has 0 spiro atoms. The van der Waals surface area contributed by atoms with Crippen LogP contribution < -0.4 is 0 Å². The van der Waals surface area contributed by atoms with Crippen LogP contribution in [0.3, 0.4) is 0 Å². The Morgan fingerprint density at radius 3 is 2.55 bits per heavy atom. The molecule has 1 nitrogen and oxygen atoms in total. The van der Waals surface area contributed by atoms with E-state index in [4.69, 9.17) is 0 Å². The van der Waals surface area contributed by atoms with E-state index in [-0.39, 0.29) is 9.13 Å². The van der Waals surface area contributed by atoms with Crippen molar-refractivity contribution in [2.75, 3.05) is 0 Å². The van der Waals surface area contributed by atoms with Crippen molar-refractivity contribution in [3.63, 3.8) is 0 Å². The summed E-state index contributed by atoms with van der Waals surface area (Å²) >= 11 is 1.68. The van der Waals surface area contributed by atoms with Crippen LogP contribution in [0.5, 0.6) is 0 Å². The molecule has 0 saturated heterocycles. The van der Waals surface area contributed by atoms with Crippen LogP contribution in [-0.2, 0) is 0 Å². The SMILES string of the molecule is Fc1cc(C(F)F)c(I)cn1. The molecular formula is C6H3F3IN. The predicted molar refractivity (Wildman–Crippen MR) is 41.9 cm³/mol. The van der Waals surface area contributed by atoms with Crippen molar-refractivity contribution < 1.29 is 13.2 Å². The lowest BCUT2D eigenvalue weighted by molar-refractivity contribution is 0.149. The molecular weight excluding hydrogens is 270 g/mol. The molecule has 1 rings (SSSR count). The first-order valence-corrected chi connectivity index (χ1v) is 3.78. The number of hydrogen-bond acceptors (Lipinski definition) is 1. The van der Waals surface area contributed by atoms with Gasteiger partial charge in [-0.2, -0.15) is 4.39 Å². The summed E-state index contributed by atoms with van der Waals surface area (Å²) in [4.78, 5) is 3.21. The Morgan fingerprint density at radius 2 is 2.09 bits per heavy atom. The van der Waals surface area contributed by atoms with E-state index in [1.54, 1.807) is 22.6 Å². The molecule has 0 amide bonds. The highest BCUT2D eigenvalue weighted by Crippen LogP contribution is 2.23. The van der Waals surface area contributed by atoms with Crippen LogP contribution in [0.2, 0.25) is 0 Å². The van der Waals surface area contributed by atoms with Gasteiger partial charge in [0.05, 0.1) is 0 Å². The van der Waals surface area contributed by atoms with E-state index in [0.29, 0.717) is 0 Å². The van der Waals surface area contributed by atoms with E-state index in [2.05, 4.69) is 4.98 Å². The van der Waals surface area contributed by atoms with Gasteiger partial charge in [-0.1, -0.05) is 0 Å². The molecule has 11 heavy (non-hydrogen) atoms. The highest BCUT2D eigenvalue weighted by molar-refractivity contribution is 14.1. The van der Waals surface area contributed by atoms with Crippen LogP contribution in [0.1, 0.15) is 12.0 Å². The number of rotatable bonds is 1. The standard InChI is InChI=1S/C6H3F3IN/c7-5-1-3(6(8)9)4(10)2-11-5/h1-2,6H. The Hall–Kier alpha value is -0.330. The summed E-state index contributed by atoms with van der Waals surface area (Å²) in [6, 6.07) is 0.742. The van der Waals surface area contributed by atoms with Crippen LogP contribution in [0.25, 0.3) is 0 Å². The largest absolute Gasteiger partial charge is 0.265 e. The van der Waals surface area contributed by atoms with Gasteiger partial charge in [-0.3, -0.25) is 0 Å². The van der Waals surface area contributed by atoms with E-state index in [1.807, 2.05) is 0 Å². The van der Waals surface area contributed by atoms with Crippen LogP contribution in [0.4, 0.5) is 13.2 Å². The number of hydrogen-bond donors (Lipinski definition) is 0. The van der Waals surface area contributed by atoms with Crippen molar-refractivity contribution in [1.29, 1.82) is 0 Å². The zero-order valence-corrected chi connectivity index (χ0v) is 7.35. The lowest BCUT2D eigenvalue weighted by Crippen LogP contribution is -1.93. The smallest absolute Gasteiger partial charge is 0.227 e. The summed E-state index contributed by atoms with van der Waals surface area (Å²) in [6.07, 6.45) is -1.56. The molecule has 0 fully saturated rings. The van der Waals surface area contributed by atoms with Gasteiger partial charge in [0.1, 0.15) is 0 Å². The minimum Gasteiger partial charge on any atom is -0.227 e. The molecule has 0 unspecified atom stereocenters. The Labute approximate surface area is 74.8 Å². The van der Waals surface area contributed by atoms with Crippen LogP contribution in [0.15, 0.2) is 12.3 Å². The van der Waals surface area contributed by atoms with Crippen LogP contribution >= 0.6 is 22.6 Å². The van der Waals surface area contributed by atoms with Gasteiger partial charge in [-0.15, -0.1) is 0 Å². The van der Waals surface area contributed by atoms with E-state index in [0.717, 1.165) is 12.3 Å². The number of alkyl halides is 2. The molecule has 0 atom stereocenters. The molecule has 0 radical (unpaired) electrons. The van der Waals surface area contributed by atoms with E-state index in [9.17, 15) is 13.2 Å². The maximum atomic E-state index is 12.3. The van der Waals surface area contributed by atoms with Gasteiger partial charge in [0.15, 0.2) is 0 Å². The van der Waals surface area contributed by atoms with Crippen LogP contribution in [-0.4, -0.2) is 4.98 Å². The first-order valence-electron chi connectivity index (χ1n) is 2.70. The lowest BCUT2D eigenvalue weighted by Gasteiger charge is -2.00. The van der Waals surface area contributed by atoms with Gasteiger partial charge in [0.25, 0.3) is 6.43 Å².